The van der Waals surface area contributed by atoms with Gasteiger partial charge in [0.1, 0.15) is 10.3 Å². The molecule has 4 heterocycles. The van der Waals surface area contributed by atoms with Gasteiger partial charge >= 0.3 is 6.01 Å². The predicted octanol–water partition coefficient (Wildman–Crippen LogP) is 2.62. The van der Waals surface area contributed by atoms with E-state index in [2.05, 4.69) is 20.7 Å². The minimum atomic E-state index is -3.84. The van der Waals surface area contributed by atoms with Gasteiger partial charge in [-0.1, -0.05) is 28.3 Å². The Hall–Kier alpha value is -2.28. The standard InChI is InChI=1S/C15H14ClN5O5S2/c16-11-4-5-12(27-11)28(23,24)21-8-2-1-3-9(21)13(22)18-15-20-19-14(25-15)10-6-7-17-26-10/h4-7,9H,1-3,8H2,(H,18,20,22)/t9-/m1/s1. The maximum Gasteiger partial charge on any atom is 0.322 e. The Morgan fingerprint density at radius 1 is 1.29 bits per heavy atom. The number of halogens is 1. The number of carbonyl (C=O) groups is 1. The van der Waals surface area contributed by atoms with Crippen molar-refractivity contribution in [3.8, 4) is 11.7 Å². The SMILES string of the molecule is O=C(Nc1nnc(-c2ccno2)o1)[C@H]1CCCCN1S(=O)(=O)c1ccc(Cl)s1. The molecule has 0 aliphatic carbocycles. The number of aromatic nitrogens is 3. The molecule has 4 rings (SSSR count). The normalized spacial score (nSPS) is 18.2. The molecule has 1 saturated heterocycles. The summed E-state index contributed by atoms with van der Waals surface area (Å²) in [6, 6.07) is 3.44. The van der Waals surface area contributed by atoms with E-state index in [1.165, 1.54) is 28.7 Å². The quantitative estimate of drug-likeness (QED) is 0.636. The highest BCUT2D eigenvalue weighted by Crippen LogP contribution is 2.32. The van der Waals surface area contributed by atoms with E-state index < -0.39 is 22.0 Å². The molecule has 3 aromatic heterocycles. The van der Waals surface area contributed by atoms with E-state index in [4.69, 9.17) is 20.5 Å². The predicted molar refractivity (Wildman–Crippen MR) is 99.3 cm³/mol. The number of nitrogens with one attached hydrogen (secondary N) is 1. The van der Waals surface area contributed by atoms with Crippen LogP contribution in [0.3, 0.4) is 0 Å². The second kappa shape index (κ2) is 7.62. The van der Waals surface area contributed by atoms with Crippen LogP contribution in [0.25, 0.3) is 11.7 Å². The molecule has 148 valence electrons. The second-order valence-corrected chi connectivity index (χ2v) is 9.80. The molecule has 1 aliphatic rings. The van der Waals surface area contributed by atoms with Crippen LogP contribution in [-0.2, 0) is 14.8 Å². The van der Waals surface area contributed by atoms with Gasteiger partial charge in [-0.3, -0.25) is 10.1 Å². The maximum atomic E-state index is 13.0. The zero-order chi connectivity index (χ0) is 19.7. The molecule has 1 atom stereocenters. The maximum absolute atomic E-state index is 13.0. The molecule has 10 nitrogen and oxygen atoms in total. The molecule has 1 fully saturated rings. The first-order chi connectivity index (χ1) is 13.4. The number of piperidine rings is 1. The van der Waals surface area contributed by atoms with Crippen molar-refractivity contribution in [3.63, 3.8) is 0 Å². The van der Waals surface area contributed by atoms with Gasteiger partial charge in [0, 0.05) is 12.6 Å². The zero-order valence-corrected chi connectivity index (χ0v) is 16.6. The minimum Gasteiger partial charge on any atom is -0.400 e. The minimum absolute atomic E-state index is 0.0501. The van der Waals surface area contributed by atoms with E-state index in [-0.39, 0.29) is 28.4 Å². The highest BCUT2D eigenvalue weighted by Gasteiger charge is 2.38. The van der Waals surface area contributed by atoms with Gasteiger partial charge in [-0.15, -0.1) is 16.4 Å². The third-order valence-corrected chi connectivity index (χ3v) is 7.78. The average Bonchev–Trinajstić information content (AvgIpc) is 3.43. The number of hydrogen-bond acceptors (Lipinski definition) is 9. The fraction of sp³-hybridized carbons (Fsp3) is 0.333. The number of nitrogens with zero attached hydrogens (tertiary/aromatic N) is 4. The van der Waals surface area contributed by atoms with Crippen LogP contribution in [0.2, 0.25) is 4.34 Å². The highest BCUT2D eigenvalue weighted by molar-refractivity contribution is 7.91. The van der Waals surface area contributed by atoms with Gasteiger partial charge in [-0.05, 0) is 25.0 Å². The zero-order valence-electron chi connectivity index (χ0n) is 14.2. The molecule has 0 bridgehead atoms. The summed E-state index contributed by atoms with van der Waals surface area (Å²) in [6.45, 7) is 0.239. The summed E-state index contributed by atoms with van der Waals surface area (Å²) >= 11 is 6.83. The number of thiophene rings is 1. The van der Waals surface area contributed by atoms with Crippen molar-refractivity contribution in [1.29, 1.82) is 0 Å². The first-order valence-corrected chi connectivity index (χ1v) is 10.9. The Morgan fingerprint density at radius 2 is 2.14 bits per heavy atom. The van der Waals surface area contributed by atoms with E-state index in [9.17, 15) is 13.2 Å². The lowest BCUT2D eigenvalue weighted by molar-refractivity contribution is -0.120. The third kappa shape index (κ3) is 3.68. The number of hydrogen-bond donors (Lipinski definition) is 1. The Kier molecular flexibility index (Phi) is 5.19. The van der Waals surface area contributed by atoms with Crippen LogP contribution in [0, 0.1) is 0 Å². The lowest BCUT2D eigenvalue weighted by Crippen LogP contribution is -2.49. The molecule has 1 N–H and O–H groups in total. The summed E-state index contributed by atoms with van der Waals surface area (Å²) in [5, 5.41) is 13.5. The molecule has 0 unspecified atom stereocenters. The van der Waals surface area contributed by atoms with E-state index in [1.807, 2.05) is 0 Å². The van der Waals surface area contributed by atoms with E-state index in [0.717, 1.165) is 17.8 Å². The van der Waals surface area contributed by atoms with Crippen molar-refractivity contribution in [2.75, 3.05) is 11.9 Å². The van der Waals surface area contributed by atoms with Crippen molar-refractivity contribution >= 4 is 44.9 Å². The number of carbonyl (C=O) groups excluding carboxylic acids is 1. The fourth-order valence-electron chi connectivity index (χ4n) is 2.89. The van der Waals surface area contributed by atoms with Crippen molar-refractivity contribution in [3.05, 3.63) is 28.7 Å². The molecular weight excluding hydrogens is 430 g/mol. The van der Waals surface area contributed by atoms with Crippen LogP contribution in [0.4, 0.5) is 6.01 Å². The number of rotatable bonds is 5. The van der Waals surface area contributed by atoms with Gasteiger partial charge in [0.05, 0.1) is 10.5 Å². The Balaban J connectivity index is 1.53. The molecule has 1 amide bonds. The molecule has 0 radical (unpaired) electrons. The molecular formula is C15H14ClN5O5S2. The largest absolute Gasteiger partial charge is 0.400 e. The highest BCUT2D eigenvalue weighted by atomic mass is 35.5. The molecule has 0 spiro atoms. The Labute approximate surface area is 168 Å². The van der Waals surface area contributed by atoms with E-state index >= 15 is 0 Å². The summed E-state index contributed by atoms with van der Waals surface area (Å²) in [5.41, 5.74) is 0. The first kappa shape index (κ1) is 19.1. The van der Waals surface area contributed by atoms with Crippen molar-refractivity contribution < 1.29 is 22.2 Å². The van der Waals surface area contributed by atoms with Crippen LogP contribution < -0.4 is 5.32 Å². The van der Waals surface area contributed by atoms with Crippen molar-refractivity contribution in [2.24, 2.45) is 0 Å². The summed E-state index contributed by atoms with van der Waals surface area (Å²) in [7, 11) is -3.84. The molecule has 13 heteroatoms. The number of anilines is 1. The van der Waals surface area contributed by atoms with Gasteiger partial charge in [0.15, 0.2) is 0 Å². The van der Waals surface area contributed by atoms with Crippen molar-refractivity contribution in [2.45, 2.75) is 29.5 Å². The molecule has 1 aliphatic heterocycles. The van der Waals surface area contributed by atoms with Crippen LogP contribution in [0.5, 0.6) is 0 Å². The van der Waals surface area contributed by atoms with Crippen LogP contribution in [0.1, 0.15) is 19.3 Å². The van der Waals surface area contributed by atoms with Crippen LogP contribution in [-0.4, -0.2) is 46.6 Å². The summed E-state index contributed by atoms with van der Waals surface area (Å²) in [4.78, 5) is 12.8. The Morgan fingerprint density at radius 3 is 2.86 bits per heavy atom. The summed E-state index contributed by atoms with van der Waals surface area (Å²) < 4.78 is 37.8. The third-order valence-electron chi connectivity index (χ3n) is 4.17. The lowest BCUT2D eigenvalue weighted by atomic mass is 10.0. The van der Waals surface area contributed by atoms with Crippen LogP contribution >= 0.6 is 22.9 Å². The summed E-state index contributed by atoms with van der Waals surface area (Å²) in [6.07, 6.45) is 3.19. The average molecular weight is 444 g/mol. The first-order valence-electron chi connectivity index (χ1n) is 8.28. The van der Waals surface area contributed by atoms with Crippen LogP contribution in [0.15, 0.2) is 37.5 Å². The number of sulfonamides is 1. The second-order valence-electron chi connectivity index (χ2n) is 5.96. The van der Waals surface area contributed by atoms with Gasteiger partial charge < -0.3 is 8.94 Å². The van der Waals surface area contributed by atoms with Gasteiger partial charge in [-0.2, -0.15) is 4.31 Å². The van der Waals surface area contributed by atoms with Crippen molar-refractivity contribution in [1.82, 2.24) is 19.7 Å². The monoisotopic (exact) mass is 443 g/mol. The van der Waals surface area contributed by atoms with E-state index in [0.29, 0.717) is 17.2 Å². The smallest absolute Gasteiger partial charge is 0.322 e. The fourth-order valence-corrected chi connectivity index (χ4v) is 6.16. The van der Waals surface area contributed by atoms with Gasteiger partial charge in [0.2, 0.25) is 11.7 Å². The molecule has 0 saturated carbocycles. The lowest BCUT2D eigenvalue weighted by Gasteiger charge is -2.32. The Bertz CT molecular complexity index is 1080. The number of amides is 1. The molecule has 3 aromatic rings. The van der Waals surface area contributed by atoms with Gasteiger partial charge in [-0.25, -0.2) is 8.42 Å². The summed E-state index contributed by atoms with van der Waals surface area (Å²) in [5.74, 6) is -0.239. The van der Waals surface area contributed by atoms with E-state index in [1.54, 1.807) is 0 Å². The topological polar surface area (TPSA) is 131 Å². The molecule has 28 heavy (non-hydrogen) atoms. The molecule has 0 aromatic carbocycles. The van der Waals surface area contributed by atoms with Gasteiger partial charge in [0.25, 0.3) is 15.9 Å².